The molecule has 1 aromatic heterocycles. The van der Waals surface area contributed by atoms with E-state index in [-0.39, 0.29) is 0 Å². The van der Waals surface area contributed by atoms with E-state index in [1.165, 1.54) is 43.5 Å². The molecule has 1 aromatic rings. The van der Waals surface area contributed by atoms with Crippen LogP contribution in [0, 0.1) is 36.5 Å². The Morgan fingerprint density at radius 1 is 1.10 bits per heavy atom. The van der Waals surface area contributed by atoms with Crippen LogP contribution in [0.1, 0.15) is 43.4 Å². The molecule has 108 valence electrons. The van der Waals surface area contributed by atoms with Crippen molar-refractivity contribution in [3.05, 3.63) is 29.6 Å². The second-order valence-electron chi connectivity index (χ2n) is 7.47. The minimum Gasteiger partial charge on any atom is -0.312 e. The monoisotopic (exact) mass is 270 g/mol. The van der Waals surface area contributed by atoms with E-state index in [0.717, 1.165) is 36.1 Å². The summed E-state index contributed by atoms with van der Waals surface area (Å²) in [6, 6.07) is 4.25. The number of aryl methyl sites for hydroxylation is 1. The Hall–Kier alpha value is -0.890. The summed E-state index contributed by atoms with van der Waals surface area (Å²) < 4.78 is 0. The lowest BCUT2D eigenvalue weighted by atomic mass is 9.52. The summed E-state index contributed by atoms with van der Waals surface area (Å²) in [7, 11) is 0. The van der Waals surface area contributed by atoms with E-state index < -0.39 is 0 Å². The molecule has 2 heteroatoms. The van der Waals surface area contributed by atoms with Crippen molar-refractivity contribution < 1.29 is 0 Å². The maximum absolute atomic E-state index is 4.38. The molecule has 2 nitrogen and oxygen atoms in total. The highest BCUT2D eigenvalue weighted by molar-refractivity contribution is 5.17. The van der Waals surface area contributed by atoms with Gasteiger partial charge in [-0.2, -0.15) is 0 Å². The lowest BCUT2D eigenvalue weighted by Gasteiger charge is -2.54. The van der Waals surface area contributed by atoms with Crippen molar-refractivity contribution in [2.45, 2.75) is 45.6 Å². The highest BCUT2D eigenvalue weighted by Crippen LogP contribution is 2.56. The molecule has 4 fully saturated rings. The summed E-state index contributed by atoms with van der Waals surface area (Å²) in [5, 5.41) is 3.73. The quantitative estimate of drug-likeness (QED) is 0.905. The van der Waals surface area contributed by atoms with E-state index >= 15 is 0 Å². The number of nitrogens with one attached hydrogen (secondary N) is 1. The zero-order valence-electron chi connectivity index (χ0n) is 12.5. The number of nitrogens with zero attached hydrogens (tertiary/aromatic N) is 1. The first-order chi connectivity index (χ1) is 9.79. The number of hydrogen-bond donors (Lipinski definition) is 1. The molecule has 1 heterocycles. The summed E-state index contributed by atoms with van der Waals surface area (Å²) in [5.74, 6) is 5.21. The molecule has 4 aliphatic rings. The molecule has 4 bridgehead atoms. The summed E-state index contributed by atoms with van der Waals surface area (Å²) in [4.78, 5) is 4.38. The minimum absolute atomic E-state index is 0.958. The zero-order valence-corrected chi connectivity index (χ0v) is 12.5. The molecule has 0 radical (unpaired) electrons. The van der Waals surface area contributed by atoms with Gasteiger partial charge < -0.3 is 5.32 Å². The Morgan fingerprint density at radius 3 is 2.45 bits per heavy atom. The molecule has 0 aromatic carbocycles. The van der Waals surface area contributed by atoms with Crippen LogP contribution < -0.4 is 5.32 Å². The number of hydrogen-bond acceptors (Lipinski definition) is 2. The SMILES string of the molecule is Cc1ncccc1CNCC1C2CC3CC(C2)CC1C3. The van der Waals surface area contributed by atoms with Crippen LogP contribution in [0.2, 0.25) is 0 Å². The van der Waals surface area contributed by atoms with Crippen LogP contribution in [0.15, 0.2) is 18.3 Å². The summed E-state index contributed by atoms with van der Waals surface area (Å²) in [6.07, 6.45) is 9.58. The number of aromatic nitrogens is 1. The first-order valence-corrected chi connectivity index (χ1v) is 8.41. The second-order valence-corrected chi connectivity index (χ2v) is 7.47. The molecule has 20 heavy (non-hydrogen) atoms. The second kappa shape index (κ2) is 5.14. The van der Waals surface area contributed by atoms with E-state index in [0.29, 0.717) is 0 Å². The van der Waals surface area contributed by atoms with Gasteiger partial charge in [-0.05, 0) is 86.8 Å². The minimum atomic E-state index is 0.958. The van der Waals surface area contributed by atoms with E-state index in [1.54, 1.807) is 6.42 Å². The standard InChI is InChI=1S/C18H26N2/c1-12-15(3-2-4-20-12)10-19-11-18-16-6-13-5-14(8-16)9-17(18)7-13/h2-4,13-14,16-19H,5-11H2,1H3. The Bertz CT molecular complexity index is 454. The van der Waals surface area contributed by atoms with Gasteiger partial charge in [-0.3, -0.25) is 4.98 Å². The van der Waals surface area contributed by atoms with Gasteiger partial charge in [0.15, 0.2) is 0 Å². The van der Waals surface area contributed by atoms with Gasteiger partial charge in [0.05, 0.1) is 0 Å². The van der Waals surface area contributed by atoms with Crippen LogP contribution in [-0.4, -0.2) is 11.5 Å². The summed E-state index contributed by atoms with van der Waals surface area (Å²) >= 11 is 0. The maximum atomic E-state index is 4.38. The summed E-state index contributed by atoms with van der Waals surface area (Å²) in [5.41, 5.74) is 2.53. The molecule has 0 spiro atoms. The number of pyridine rings is 1. The van der Waals surface area contributed by atoms with Gasteiger partial charge in [0, 0.05) is 18.4 Å². The topological polar surface area (TPSA) is 24.9 Å². The van der Waals surface area contributed by atoms with E-state index in [2.05, 4.69) is 23.3 Å². The predicted octanol–water partition coefficient (Wildman–Crippen LogP) is 3.55. The third kappa shape index (κ3) is 2.28. The van der Waals surface area contributed by atoms with Gasteiger partial charge in [-0.25, -0.2) is 0 Å². The fourth-order valence-corrected chi connectivity index (χ4v) is 5.45. The molecule has 0 aliphatic heterocycles. The molecular formula is C18H26N2. The third-order valence-electron chi connectivity index (χ3n) is 6.23. The molecule has 4 aliphatic carbocycles. The van der Waals surface area contributed by atoms with Crippen molar-refractivity contribution in [1.29, 1.82) is 0 Å². The van der Waals surface area contributed by atoms with Crippen molar-refractivity contribution in [2.75, 3.05) is 6.54 Å². The van der Waals surface area contributed by atoms with Gasteiger partial charge in [0.1, 0.15) is 0 Å². The van der Waals surface area contributed by atoms with Crippen LogP contribution >= 0.6 is 0 Å². The van der Waals surface area contributed by atoms with Crippen LogP contribution in [0.5, 0.6) is 0 Å². The molecule has 5 rings (SSSR count). The molecule has 1 N–H and O–H groups in total. The van der Waals surface area contributed by atoms with Crippen LogP contribution in [0.25, 0.3) is 0 Å². The van der Waals surface area contributed by atoms with Crippen molar-refractivity contribution in [3.8, 4) is 0 Å². The highest BCUT2D eigenvalue weighted by Gasteiger charge is 2.47. The van der Waals surface area contributed by atoms with Gasteiger partial charge in [0.25, 0.3) is 0 Å². The fourth-order valence-electron chi connectivity index (χ4n) is 5.45. The molecule has 0 saturated heterocycles. The van der Waals surface area contributed by atoms with E-state index in [1.807, 2.05) is 12.3 Å². The first kappa shape index (κ1) is 12.8. The largest absolute Gasteiger partial charge is 0.312 e. The van der Waals surface area contributed by atoms with Gasteiger partial charge >= 0.3 is 0 Å². The van der Waals surface area contributed by atoms with Gasteiger partial charge in [-0.15, -0.1) is 0 Å². The molecule has 0 unspecified atom stereocenters. The lowest BCUT2D eigenvalue weighted by Crippen LogP contribution is -2.48. The highest BCUT2D eigenvalue weighted by atomic mass is 14.9. The average Bonchev–Trinajstić information content (AvgIpc) is 2.43. The molecule has 4 saturated carbocycles. The van der Waals surface area contributed by atoms with Gasteiger partial charge in [-0.1, -0.05) is 6.07 Å². The van der Waals surface area contributed by atoms with Crippen molar-refractivity contribution in [1.82, 2.24) is 10.3 Å². The van der Waals surface area contributed by atoms with E-state index in [4.69, 9.17) is 0 Å². The Labute approximate surface area is 122 Å². The van der Waals surface area contributed by atoms with Crippen LogP contribution in [0.4, 0.5) is 0 Å². The Kier molecular flexibility index (Phi) is 3.30. The Morgan fingerprint density at radius 2 is 1.80 bits per heavy atom. The normalized spacial score (nSPS) is 38.4. The van der Waals surface area contributed by atoms with Crippen molar-refractivity contribution in [3.63, 3.8) is 0 Å². The fraction of sp³-hybridized carbons (Fsp3) is 0.722. The first-order valence-electron chi connectivity index (χ1n) is 8.41. The zero-order chi connectivity index (χ0) is 13.5. The van der Waals surface area contributed by atoms with Crippen molar-refractivity contribution >= 4 is 0 Å². The van der Waals surface area contributed by atoms with Crippen LogP contribution in [0.3, 0.4) is 0 Å². The molecular weight excluding hydrogens is 244 g/mol. The smallest absolute Gasteiger partial charge is 0.0417 e. The van der Waals surface area contributed by atoms with E-state index in [9.17, 15) is 0 Å². The lowest BCUT2D eigenvalue weighted by molar-refractivity contribution is -0.0355. The molecule has 0 amide bonds. The summed E-state index contributed by atoms with van der Waals surface area (Å²) in [6.45, 7) is 4.32. The van der Waals surface area contributed by atoms with Crippen molar-refractivity contribution in [2.24, 2.45) is 29.6 Å². The predicted molar refractivity (Wildman–Crippen MR) is 81.2 cm³/mol. The van der Waals surface area contributed by atoms with Gasteiger partial charge in [0.2, 0.25) is 0 Å². The maximum Gasteiger partial charge on any atom is 0.0417 e. The Balaban J connectivity index is 1.35. The van der Waals surface area contributed by atoms with Crippen LogP contribution in [-0.2, 0) is 6.54 Å². The average molecular weight is 270 g/mol. The molecule has 0 atom stereocenters. The third-order valence-corrected chi connectivity index (χ3v) is 6.23. The number of rotatable bonds is 4.